The van der Waals surface area contributed by atoms with E-state index >= 15 is 0 Å². The highest BCUT2D eigenvalue weighted by atomic mass is 35.5. The third-order valence-corrected chi connectivity index (χ3v) is 8.59. The fourth-order valence-corrected chi connectivity index (χ4v) is 5.93. The molecule has 11 heteroatoms. The number of nitrogen functional groups attached to an aromatic ring is 1. The molecule has 2 aliphatic rings. The normalized spacial score (nSPS) is 16.4. The Labute approximate surface area is 254 Å². The number of ether oxygens (including phenoxy) is 1. The Morgan fingerprint density at radius 3 is 2.60 bits per heavy atom. The number of para-hydroxylation sites is 1. The van der Waals surface area contributed by atoms with E-state index in [0.717, 1.165) is 23.2 Å². The molecule has 4 N–H and O–H groups in total. The van der Waals surface area contributed by atoms with Crippen LogP contribution in [-0.4, -0.2) is 74.2 Å². The summed E-state index contributed by atoms with van der Waals surface area (Å²) in [5, 5.41) is 6.24. The van der Waals surface area contributed by atoms with Crippen LogP contribution in [0.1, 0.15) is 36.5 Å². The zero-order chi connectivity index (χ0) is 30.4. The minimum absolute atomic E-state index is 0.0248. The summed E-state index contributed by atoms with van der Waals surface area (Å²) in [7, 11) is -1.66. The van der Waals surface area contributed by atoms with Gasteiger partial charge >= 0.3 is 18.0 Å². The second kappa shape index (κ2) is 13.5. The highest BCUT2D eigenvalue weighted by molar-refractivity contribution is 6.83. The van der Waals surface area contributed by atoms with Crippen molar-refractivity contribution < 1.29 is 19.1 Å². The second-order valence-electron chi connectivity index (χ2n) is 11.7. The largest absolute Gasteiger partial charge is 0.464 e. The zero-order valence-corrected chi connectivity index (χ0v) is 26.5. The number of anilines is 2. The van der Waals surface area contributed by atoms with Gasteiger partial charge in [-0.05, 0) is 55.5 Å². The van der Waals surface area contributed by atoms with Crippen molar-refractivity contribution in [3.63, 3.8) is 0 Å². The number of hydrogen-bond acceptors (Lipinski definition) is 5. The predicted molar refractivity (Wildman–Crippen MR) is 169 cm³/mol. The molecule has 1 saturated heterocycles. The van der Waals surface area contributed by atoms with Crippen molar-refractivity contribution in [3.05, 3.63) is 58.1 Å². The molecule has 2 aliphatic heterocycles. The number of urea groups is 2. The summed E-state index contributed by atoms with van der Waals surface area (Å²) in [6.45, 7) is 9.88. The molecule has 224 valence electrons. The lowest BCUT2D eigenvalue weighted by Gasteiger charge is -2.38. The first-order chi connectivity index (χ1) is 19.9. The number of rotatable bonds is 6. The first-order valence-electron chi connectivity index (χ1n) is 14.4. The molecular weight excluding hydrogens is 570 g/mol. The quantitative estimate of drug-likeness (QED) is 0.187. The number of carbonyl (C=O) groups is 3. The van der Waals surface area contributed by atoms with Crippen LogP contribution >= 0.6 is 11.6 Å². The number of nitrogens with one attached hydrogen (secondary N) is 2. The molecular formula is C31H40ClN5O4Si. The van der Waals surface area contributed by atoms with Gasteiger partial charge in [-0.1, -0.05) is 55.4 Å². The summed E-state index contributed by atoms with van der Waals surface area (Å²) in [5.41, 5.74) is 13.2. The van der Waals surface area contributed by atoms with Crippen molar-refractivity contribution >= 4 is 49.1 Å². The van der Waals surface area contributed by atoms with Crippen molar-refractivity contribution in [2.75, 3.05) is 37.3 Å². The van der Waals surface area contributed by atoms with Crippen LogP contribution in [0.15, 0.2) is 36.4 Å². The number of hydrogen-bond donors (Lipinski definition) is 3. The average Bonchev–Trinajstić information content (AvgIpc) is 3.11. The fourth-order valence-electron chi connectivity index (χ4n) is 5.18. The van der Waals surface area contributed by atoms with Crippen LogP contribution in [0.3, 0.4) is 0 Å². The number of benzene rings is 2. The lowest BCUT2D eigenvalue weighted by molar-refractivity contribution is -0.145. The van der Waals surface area contributed by atoms with E-state index in [1.54, 1.807) is 17.9 Å². The number of fused-ring (bicyclic) bond motifs is 1. The van der Waals surface area contributed by atoms with Gasteiger partial charge in [0.2, 0.25) is 0 Å². The number of piperidine rings is 1. The van der Waals surface area contributed by atoms with Crippen molar-refractivity contribution in [2.45, 2.75) is 64.3 Å². The van der Waals surface area contributed by atoms with Gasteiger partial charge in [-0.25, -0.2) is 14.4 Å². The van der Waals surface area contributed by atoms with Gasteiger partial charge < -0.3 is 30.9 Å². The average molecular weight is 610 g/mol. The first-order valence-corrected chi connectivity index (χ1v) is 18.3. The summed E-state index contributed by atoms with van der Waals surface area (Å²) < 4.78 is 5.28. The molecule has 0 radical (unpaired) electrons. The van der Waals surface area contributed by atoms with Gasteiger partial charge in [-0.2, -0.15) is 0 Å². The van der Waals surface area contributed by atoms with Crippen LogP contribution in [0.5, 0.6) is 0 Å². The van der Waals surface area contributed by atoms with Crippen LogP contribution in [0.25, 0.3) is 0 Å². The van der Waals surface area contributed by atoms with Gasteiger partial charge in [-0.3, -0.25) is 0 Å². The Morgan fingerprint density at radius 2 is 1.90 bits per heavy atom. The number of esters is 1. The number of nitrogens with zero attached hydrogens (tertiary/aromatic N) is 2. The molecule has 0 spiro atoms. The molecule has 42 heavy (non-hydrogen) atoms. The minimum atomic E-state index is -1.66. The van der Waals surface area contributed by atoms with Gasteiger partial charge in [0.25, 0.3) is 0 Å². The number of amides is 4. The van der Waals surface area contributed by atoms with Gasteiger partial charge in [0.1, 0.15) is 14.1 Å². The van der Waals surface area contributed by atoms with E-state index in [9.17, 15) is 14.4 Å². The summed E-state index contributed by atoms with van der Waals surface area (Å²) >= 11 is 6.42. The van der Waals surface area contributed by atoms with Crippen LogP contribution in [0.4, 0.5) is 21.0 Å². The zero-order valence-electron chi connectivity index (χ0n) is 24.8. The first kappa shape index (κ1) is 31.3. The van der Waals surface area contributed by atoms with Crippen LogP contribution in [0.2, 0.25) is 24.7 Å². The second-order valence-corrected chi connectivity index (χ2v) is 16.9. The molecule has 0 aromatic heterocycles. The molecule has 2 aromatic carbocycles. The topological polar surface area (TPSA) is 117 Å². The summed E-state index contributed by atoms with van der Waals surface area (Å²) in [6.07, 6.45) is 2.25. The number of halogens is 1. The lowest BCUT2D eigenvalue weighted by Crippen LogP contribution is -2.54. The maximum atomic E-state index is 13.3. The van der Waals surface area contributed by atoms with Crippen LogP contribution in [-0.2, 0) is 22.4 Å². The predicted octanol–water partition coefficient (Wildman–Crippen LogP) is 4.89. The summed E-state index contributed by atoms with van der Waals surface area (Å²) in [5.74, 6) is 2.63. The Bertz CT molecular complexity index is 1390. The number of carbonyl (C=O) groups excluding carboxylic acids is 3. The summed E-state index contributed by atoms with van der Waals surface area (Å²) in [6, 6.07) is 10.0. The standard InChI is InChI=1S/C31H40ClN5O4Si/c1-5-41-29(38)27(20-21-18-23(13-17-42(2,3)4)28(33)25(32)19-21)35-30(39)36-14-11-24(12-15-36)37-16-10-22-8-6-7-9-26(22)34-31(37)40/h6-9,18-19,24,27H,5,10-12,14-16,20,33H2,1-4H3,(H,34,40)(H,35,39)/t27-/m1/s1. The van der Waals surface area contributed by atoms with E-state index in [4.69, 9.17) is 22.1 Å². The Kier molecular flexibility index (Phi) is 10.1. The molecule has 2 heterocycles. The van der Waals surface area contributed by atoms with Crippen molar-refractivity contribution in [1.82, 2.24) is 15.1 Å². The summed E-state index contributed by atoms with van der Waals surface area (Å²) in [4.78, 5) is 42.7. The van der Waals surface area contributed by atoms with E-state index in [1.165, 1.54) is 0 Å². The molecule has 0 aliphatic carbocycles. The Balaban J connectivity index is 1.41. The molecule has 4 rings (SSSR count). The Hall–Kier alpha value is -3.68. The van der Waals surface area contributed by atoms with Crippen molar-refractivity contribution in [3.8, 4) is 11.5 Å². The minimum Gasteiger partial charge on any atom is -0.464 e. The molecule has 9 nitrogen and oxygen atoms in total. The van der Waals surface area contributed by atoms with E-state index in [2.05, 4.69) is 41.7 Å². The van der Waals surface area contributed by atoms with Crippen LogP contribution < -0.4 is 16.4 Å². The number of nitrogens with two attached hydrogens (primary N) is 1. The molecule has 4 amide bonds. The number of likely N-dealkylation sites (tertiary alicyclic amines) is 1. The third-order valence-electron chi connectivity index (χ3n) is 7.40. The van der Waals surface area contributed by atoms with Crippen LogP contribution in [0, 0.1) is 11.5 Å². The van der Waals surface area contributed by atoms with Crippen molar-refractivity contribution in [1.29, 1.82) is 0 Å². The van der Waals surface area contributed by atoms with Gasteiger partial charge in [0.15, 0.2) is 0 Å². The van der Waals surface area contributed by atoms with Gasteiger partial charge in [0, 0.05) is 43.3 Å². The van der Waals surface area contributed by atoms with E-state index in [1.807, 2.05) is 35.2 Å². The third kappa shape index (κ3) is 7.99. The van der Waals surface area contributed by atoms with Crippen molar-refractivity contribution in [2.24, 2.45) is 0 Å². The lowest BCUT2D eigenvalue weighted by atomic mass is 10.0. The van der Waals surface area contributed by atoms with E-state index < -0.39 is 20.1 Å². The van der Waals surface area contributed by atoms with Gasteiger partial charge in [0.05, 0.1) is 17.3 Å². The highest BCUT2D eigenvalue weighted by Crippen LogP contribution is 2.27. The molecule has 0 bridgehead atoms. The SMILES string of the molecule is CCOC(=O)[C@@H](Cc1cc(Cl)c(N)c(C#C[Si](C)(C)C)c1)NC(=O)N1CCC(N2CCc3ccccc3NC2=O)CC1. The Morgan fingerprint density at radius 1 is 1.19 bits per heavy atom. The van der Waals surface area contributed by atoms with E-state index in [-0.39, 0.29) is 31.1 Å². The highest BCUT2D eigenvalue weighted by Gasteiger charge is 2.33. The molecule has 0 unspecified atom stereocenters. The van der Waals surface area contributed by atoms with Gasteiger partial charge in [-0.15, -0.1) is 5.54 Å². The molecule has 1 fully saturated rings. The monoisotopic (exact) mass is 609 g/mol. The fraction of sp³-hybridized carbons (Fsp3) is 0.452. The smallest absolute Gasteiger partial charge is 0.329 e. The maximum absolute atomic E-state index is 13.3. The maximum Gasteiger partial charge on any atom is 0.329 e. The molecule has 0 saturated carbocycles. The molecule has 1 atom stereocenters. The molecule has 2 aromatic rings. The van der Waals surface area contributed by atoms with E-state index in [0.29, 0.717) is 48.7 Å².